The zero-order chi connectivity index (χ0) is 9.68. The van der Waals surface area contributed by atoms with Crippen LogP contribution in [0, 0.1) is 0 Å². The van der Waals surface area contributed by atoms with Crippen LogP contribution in [0.4, 0.5) is 0 Å². The summed E-state index contributed by atoms with van der Waals surface area (Å²) in [5.41, 5.74) is 5.78. The molecule has 0 fully saturated rings. The van der Waals surface area contributed by atoms with Crippen LogP contribution in [-0.4, -0.2) is 17.3 Å². The van der Waals surface area contributed by atoms with E-state index < -0.39 is 0 Å². The Labute approximate surface area is 77.3 Å². The van der Waals surface area contributed by atoms with E-state index in [0.29, 0.717) is 18.3 Å². The average molecular weight is 185 g/mol. The highest BCUT2D eigenvalue weighted by Crippen LogP contribution is 2.13. The fraction of sp³-hybridized carbons (Fsp3) is 0.750. The van der Waals surface area contributed by atoms with Gasteiger partial charge in [0.05, 0.1) is 6.04 Å². The third-order valence-electron chi connectivity index (χ3n) is 1.67. The molecule has 13 heavy (non-hydrogen) atoms. The smallest absolute Gasteiger partial charge is 0.243 e. The maximum atomic E-state index is 5.78. The Balaban J connectivity index is 2.56. The number of nitrogens with two attached hydrogens (primary N) is 1. The summed E-state index contributed by atoms with van der Waals surface area (Å²) in [7, 11) is 1.59. The Morgan fingerprint density at radius 1 is 1.62 bits per heavy atom. The van der Waals surface area contributed by atoms with Crippen molar-refractivity contribution < 1.29 is 9.26 Å². The van der Waals surface area contributed by atoms with Crippen LogP contribution in [0.2, 0.25) is 0 Å². The van der Waals surface area contributed by atoms with E-state index in [9.17, 15) is 0 Å². The van der Waals surface area contributed by atoms with Crippen LogP contribution in [-0.2, 0) is 11.3 Å². The molecule has 0 spiro atoms. The highest BCUT2D eigenvalue weighted by molar-refractivity contribution is 4.90. The fourth-order valence-corrected chi connectivity index (χ4v) is 1.04. The molecule has 1 aromatic rings. The predicted molar refractivity (Wildman–Crippen MR) is 46.8 cm³/mol. The Hall–Kier alpha value is -0.940. The van der Waals surface area contributed by atoms with Crippen LogP contribution in [0.15, 0.2) is 4.52 Å². The number of aromatic nitrogens is 2. The van der Waals surface area contributed by atoms with Crippen molar-refractivity contribution >= 4 is 0 Å². The van der Waals surface area contributed by atoms with E-state index in [1.807, 2.05) is 0 Å². The van der Waals surface area contributed by atoms with Crippen molar-refractivity contribution in [3.8, 4) is 0 Å². The molecule has 1 atom stereocenters. The lowest BCUT2D eigenvalue weighted by atomic mass is 10.2. The van der Waals surface area contributed by atoms with Gasteiger partial charge in [0, 0.05) is 7.11 Å². The van der Waals surface area contributed by atoms with Gasteiger partial charge in [0.15, 0.2) is 5.82 Å². The second-order valence-electron chi connectivity index (χ2n) is 2.88. The molecule has 1 aromatic heterocycles. The molecular formula is C8H15N3O2. The van der Waals surface area contributed by atoms with Gasteiger partial charge in [0.2, 0.25) is 5.89 Å². The van der Waals surface area contributed by atoms with Crippen LogP contribution < -0.4 is 5.73 Å². The molecule has 74 valence electrons. The summed E-state index contributed by atoms with van der Waals surface area (Å²) in [4.78, 5) is 4.09. The van der Waals surface area contributed by atoms with Crippen molar-refractivity contribution in [1.29, 1.82) is 0 Å². The lowest BCUT2D eigenvalue weighted by Crippen LogP contribution is -2.10. The average Bonchev–Trinajstić information content (AvgIpc) is 2.54. The monoisotopic (exact) mass is 185 g/mol. The quantitative estimate of drug-likeness (QED) is 0.741. The Kier molecular flexibility index (Phi) is 3.85. The molecule has 2 N–H and O–H groups in total. The molecule has 1 heterocycles. The highest BCUT2D eigenvalue weighted by Gasteiger charge is 2.13. The van der Waals surface area contributed by atoms with Crippen LogP contribution in [0.25, 0.3) is 0 Å². The molecule has 0 bridgehead atoms. The number of nitrogens with zero attached hydrogens (tertiary/aromatic N) is 2. The molecule has 0 aromatic carbocycles. The molecule has 0 aliphatic carbocycles. The summed E-state index contributed by atoms with van der Waals surface area (Å²) in [6, 6.07) is -0.150. The molecular weight excluding hydrogens is 170 g/mol. The van der Waals surface area contributed by atoms with E-state index in [1.165, 1.54) is 0 Å². The Morgan fingerprint density at radius 2 is 2.38 bits per heavy atom. The van der Waals surface area contributed by atoms with Gasteiger partial charge in [-0.25, -0.2) is 0 Å². The summed E-state index contributed by atoms with van der Waals surface area (Å²) in [5.74, 6) is 1.04. The zero-order valence-electron chi connectivity index (χ0n) is 7.99. The first-order valence-electron chi connectivity index (χ1n) is 4.35. The largest absolute Gasteiger partial charge is 0.377 e. The minimum atomic E-state index is -0.150. The molecule has 5 heteroatoms. The lowest BCUT2D eigenvalue weighted by Gasteiger charge is -2.01. The first-order chi connectivity index (χ1) is 6.27. The number of rotatable bonds is 5. The van der Waals surface area contributed by atoms with Crippen LogP contribution in [0.3, 0.4) is 0 Å². The normalized spacial score (nSPS) is 13.2. The highest BCUT2D eigenvalue weighted by atomic mass is 16.5. The van der Waals surface area contributed by atoms with Gasteiger partial charge in [-0.15, -0.1) is 0 Å². The van der Waals surface area contributed by atoms with Crippen LogP contribution in [0.1, 0.15) is 37.5 Å². The van der Waals surface area contributed by atoms with E-state index in [4.69, 9.17) is 15.0 Å². The number of ether oxygens (including phenoxy) is 1. The summed E-state index contributed by atoms with van der Waals surface area (Å²) in [5, 5.41) is 3.72. The molecule has 0 saturated heterocycles. The molecule has 0 radical (unpaired) electrons. The Morgan fingerprint density at radius 3 is 3.00 bits per heavy atom. The van der Waals surface area contributed by atoms with Crippen molar-refractivity contribution in [3.63, 3.8) is 0 Å². The van der Waals surface area contributed by atoms with Gasteiger partial charge in [0.1, 0.15) is 6.61 Å². The van der Waals surface area contributed by atoms with Gasteiger partial charge >= 0.3 is 0 Å². The first-order valence-corrected chi connectivity index (χ1v) is 4.35. The third-order valence-corrected chi connectivity index (χ3v) is 1.67. The van der Waals surface area contributed by atoms with Gasteiger partial charge in [0.25, 0.3) is 0 Å². The van der Waals surface area contributed by atoms with Crippen molar-refractivity contribution in [2.45, 2.75) is 32.4 Å². The maximum Gasteiger partial charge on any atom is 0.243 e. The van der Waals surface area contributed by atoms with Crippen molar-refractivity contribution in [2.24, 2.45) is 5.73 Å². The molecule has 0 aliphatic heterocycles. The zero-order valence-corrected chi connectivity index (χ0v) is 7.99. The number of hydrogen-bond acceptors (Lipinski definition) is 5. The second kappa shape index (κ2) is 4.94. The summed E-state index contributed by atoms with van der Waals surface area (Å²) >= 11 is 0. The molecule has 0 saturated carbocycles. The minimum absolute atomic E-state index is 0.150. The van der Waals surface area contributed by atoms with E-state index in [2.05, 4.69) is 17.1 Å². The van der Waals surface area contributed by atoms with Crippen LogP contribution >= 0.6 is 0 Å². The fourth-order valence-electron chi connectivity index (χ4n) is 1.04. The lowest BCUT2D eigenvalue weighted by molar-refractivity contribution is 0.174. The van der Waals surface area contributed by atoms with Gasteiger partial charge in [-0.3, -0.25) is 0 Å². The summed E-state index contributed by atoms with van der Waals surface area (Å²) in [6.07, 6.45) is 1.86. The van der Waals surface area contributed by atoms with Crippen molar-refractivity contribution in [2.75, 3.05) is 7.11 Å². The van der Waals surface area contributed by atoms with Gasteiger partial charge in [-0.2, -0.15) is 4.98 Å². The topological polar surface area (TPSA) is 74.2 Å². The van der Waals surface area contributed by atoms with Gasteiger partial charge in [-0.05, 0) is 6.42 Å². The molecule has 1 rings (SSSR count). The Bertz CT molecular complexity index is 249. The molecule has 0 amide bonds. The summed E-state index contributed by atoms with van der Waals surface area (Å²) < 4.78 is 9.82. The minimum Gasteiger partial charge on any atom is -0.377 e. The van der Waals surface area contributed by atoms with Gasteiger partial charge in [-0.1, -0.05) is 18.5 Å². The number of methoxy groups -OCH3 is 1. The van der Waals surface area contributed by atoms with Gasteiger partial charge < -0.3 is 15.0 Å². The third kappa shape index (κ3) is 2.78. The first kappa shape index (κ1) is 10.1. The maximum absolute atomic E-state index is 5.78. The van der Waals surface area contributed by atoms with Crippen LogP contribution in [0.5, 0.6) is 0 Å². The van der Waals surface area contributed by atoms with Crippen molar-refractivity contribution in [3.05, 3.63) is 11.7 Å². The SMILES string of the molecule is CCC[C@H](N)c1nc(COC)no1. The summed E-state index contributed by atoms with van der Waals surface area (Å²) in [6.45, 7) is 2.43. The van der Waals surface area contributed by atoms with E-state index >= 15 is 0 Å². The second-order valence-corrected chi connectivity index (χ2v) is 2.88. The molecule has 5 nitrogen and oxygen atoms in total. The van der Waals surface area contributed by atoms with E-state index in [1.54, 1.807) is 7.11 Å². The molecule has 0 aliphatic rings. The van der Waals surface area contributed by atoms with E-state index in [-0.39, 0.29) is 6.04 Å². The van der Waals surface area contributed by atoms with E-state index in [0.717, 1.165) is 12.8 Å². The number of hydrogen-bond donors (Lipinski definition) is 1. The standard InChI is InChI=1S/C8H15N3O2/c1-3-4-6(9)8-10-7(5-12-2)11-13-8/h6H,3-5,9H2,1-2H3/t6-/m0/s1. The molecule has 0 unspecified atom stereocenters. The van der Waals surface area contributed by atoms with Crippen molar-refractivity contribution in [1.82, 2.24) is 10.1 Å². The predicted octanol–water partition coefficient (Wildman–Crippen LogP) is 1.02.